The number of aliphatic carboxylic acids is 1. The summed E-state index contributed by atoms with van der Waals surface area (Å²) in [6, 6.07) is 15.4. The van der Waals surface area contributed by atoms with Gasteiger partial charge in [0.15, 0.2) is 0 Å². The van der Waals surface area contributed by atoms with Crippen molar-refractivity contribution in [2.24, 2.45) is 5.92 Å². The van der Waals surface area contributed by atoms with Crippen LogP contribution in [0.1, 0.15) is 63.0 Å². The molecule has 2 aromatic rings. The van der Waals surface area contributed by atoms with Crippen molar-refractivity contribution < 1.29 is 24.2 Å². The lowest BCUT2D eigenvalue weighted by molar-refractivity contribution is -0.142. The Morgan fingerprint density at radius 3 is 2.12 bits per heavy atom. The predicted octanol–water partition coefficient (Wildman–Crippen LogP) is 4.70. The van der Waals surface area contributed by atoms with E-state index in [4.69, 9.17) is 4.74 Å². The van der Waals surface area contributed by atoms with Crippen molar-refractivity contribution in [3.05, 3.63) is 59.7 Å². The van der Waals surface area contributed by atoms with E-state index in [1.807, 2.05) is 50.2 Å². The summed E-state index contributed by atoms with van der Waals surface area (Å²) in [6.07, 6.45) is 2.61. The highest BCUT2D eigenvalue weighted by atomic mass is 16.5. The summed E-state index contributed by atoms with van der Waals surface area (Å²) in [7, 11) is 0. The van der Waals surface area contributed by atoms with Gasteiger partial charge in [0.25, 0.3) is 0 Å². The fraction of sp³-hybridized carbons (Fsp3) is 0.444. The minimum atomic E-state index is -0.934. The maximum absolute atomic E-state index is 12.7. The van der Waals surface area contributed by atoms with E-state index in [1.165, 1.54) is 0 Å². The Bertz CT molecular complexity index is 961. The molecular weight excluding hydrogens is 432 g/mol. The van der Waals surface area contributed by atoms with E-state index in [0.29, 0.717) is 19.3 Å². The lowest BCUT2D eigenvalue weighted by Gasteiger charge is -2.20. The van der Waals surface area contributed by atoms with Crippen LogP contribution in [0, 0.1) is 5.92 Å². The predicted molar refractivity (Wildman–Crippen MR) is 131 cm³/mol. The Kier molecular flexibility index (Phi) is 9.08. The van der Waals surface area contributed by atoms with Crippen molar-refractivity contribution in [3.63, 3.8) is 0 Å². The molecule has 2 atom stereocenters. The van der Waals surface area contributed by atoms with Crippen molar-refractivity contribution in [2.45, 2.75) is 57.9 Å². The van der Waals surface area contributed by atoms with Gasteiger partial charge < -0.3 is 20.5 Å². The van der Waals surface area contributed by atoms with Gasteiger partial charge in [-0.2, -0.15) is 0 Å². The number of nitrogens with one attached hydrogen (secondary N) is 2. The molecule has 34 heavy (non-hydrogen) atoms. The molecule has 7 heteroatoms. The summed E-state index contributed by atoms with van der Waals surface area (Å²) in [5.74, 6) is -2.03. The van der Waals surface area contributed by atoms with Gasteiger partial charge in [-0.05, 0) is 35.1 Å². The SMILES string of the molecule is CCCC[C@H](NC(=O)OCC1c2ccccc2-c2ccccc21)C(=O)NCC(CCC)C(=O)O. The van der Waals surface area contributed by atoms with Crippen LogP contribution < -0.4 is 10.6 Å². The van der Waals surface area contributed by atoms with Crippen LogP contribution in [0.4, 0.5) is 4.79 Å². The minimum Gasteiger partial charge on any atom is -0.481 e. The molecule has 1 unspecified atom stereocenters. The number of alkyl carbamates (subject to hydrolysis) is 1. The van der Waals surface area contributed by atoms with Crippen LogP contribution in [0.25, 0.3) is 11.1 Å². The fourth-order valence-electron chi connectivity index (χ4n) is 4.47. The molecule has 0 fully saturated rings. The van der Waals surface area contributed by atoms with E-state index in [0.717, 1.165) is 35.1 Å². The second-order valence-electron chi connectivity index (χ2n) is 8.73. The average molecular weight is 467 g/mol. The number of unbranched alkanes of at least 4 members (excludes halogenated alkanes) is 1. The largest absolute Gasteiger partial charge is 0.481 e. The van der Waals surface area contributed by atoms with Gasteiger partial charge in [-0.3, -0.25) is 9.59 Å². The number of amides is 2. The molecule has 0 heterocycles. The van der Waals surface area contributed by atoms with E-state index in [2.05, 4.69) is 22.8 Å². The number of rotatable bonds is 12. The smallest absolute Gasteiger partial charge is 0.407 e. The van der Waals surface area contributed by atoms with E-state index in [9.17, 15) is 19.5 Å². The zero-order valence-electron chi connectivity index (χ0n) is 19.9. The van der Waals surface area contributed by atoms with E-state index in [1.54, 1.807) is 0 Å². The Morgan fingerprint density at radius 1 is 0.941 bits per heavy atom. The molecule has 0 saturated carbocycles. The van der Waals surface area contributed by atoms with Crippen molar-refractivity contribution in [1.82, 2.24) is 10.6 Å². The number of fused-ring (bicyclic) bond motifs is 3. The monoisotopic (exact) mass is 466 g/mol. The van der Waals surface area contributed by atoms with Crippen LogP contribution >= 0.6 is 0 Å². The van der Waals surface area contributed by atoms with Gasteiger partial charge in [-0.15, -0.1) is 0 Å². The number of ether oxygens (including phenoxy) is 1. The Labute approximate surface area is 200 Å². The zero-order valence-corrected chi connectivity index (χ0v) is 19.9. The third-order valence-corrected chi connectivity index (χ3v) is 6.31. The van der Waals surface area contributed by atoms with Crippen molar-refractivity contribution in [3.8, 4) is 11.1 Å². The summed E-state index contributed by atoms with van der Waals surface area (Å²) < 4.78 is 5.58. The highest BCUT2D eigenvalue weighted by Crippen LogP contribution is 2.44. The molecule has 0 spiro atoms. The lowest BCUT2D eigenvalue weighted by Crippen LogP contribution is -2.48. The average Bonchev–Trinajstić information content (AvgIpc) is 3.16. The zero-order chi connectivity index (χ0) is 24.5. The minimum absolute atomic E-state index is 0.0387. The highest BCUT2D eigenvalue weighted by molar-refractivity contribution is 5.86. The van der Waals surface area contributed by atoms with Gasteiger partial charge in [0, 0.05) is 12.5 Å². The number of benzene rings is 2. The van der Waals surface area contributed by atoms with Gasteiger partial charge in [-0.1, -0.05) is 81.6 Å². The van der Waals surface area contributed by atoms with Crippen LogP contribution in [0.15, 0.2) is 48.5 Å². The van der Waals surface area contributed by atoms with Gasteiger partial charge in [-0.25, -0.2) is 4.79 Å². The van der Waals surface area contributed by atoms with Crippen LogP contribution in [0.5, 0.6) is 0 Å². The number of carbonyl (C=O) groups excluding carboxylic acids is 2. The number of hydrogen-bond donors (Lipinski definition) is 3. The summed E-state index contributed by atoms with van der Waals surface area (Å²) >= 11 is 0. The molecule has 2 aromatic carbocycles. The second-order valence-corrected chi connectivity index (χ2v) is 8.73. The summed E-state index contributed by atoms with van der Waals surface area (Å²) in [5.41, 5.74) is 4.53. The Hall–Kier alpha value is -3.35. The number of carboxylic acid groups (broad SMARTS) is 1. The molecule has 182 valence electrons. The molecule has 1 aliphatic carbocycles. The third kappa shape index (κ3) is 6.16. The van der Waals surface area contributed by atoms with Crippen molar-refractivity contribution in [1.29, 1.82) is 0 Å². The Morgan fingerprint density at radius 2 is 1.56 bits per heavy atom. The van der Waals surface area contributed by atoms with Crippen LogP contribution in [0.3, 0.4) is 0 Å². The molecule has 0 aliphatic heterocycles. The molecule has 0 radical (unpaired) electrons. The summed E-state index contributed by atoms with van der Waals surface area (Å²) in [5, 5.41) is 14.7. The van der Waals surface area contributed by atoms with Gasteiger partial charge >= 0.3 is 12.1 Å². The van der Waals surface area contributed by atoms with Crippen LogP contribution in [0.2, 0.25) is 0 Å². The quantitative estimate of drug-likeness (QED) is 0.421. The molecule has 1 aliphatic rings. The first-order chi connectivity index (χ1) is 16.5. The molecule has 3 rings (SSSR count). The van der Waals surface area contributed by atoms with Gasteiger partial charge in [0.2, 0.25) is 5.91 Å². The lowest BCUT2D eigenvalue weighted by atomic mass is 9.98. The third-order valence-electron chi connectivity index (χ3n) is 6.31. The van der Waals surface area contributed by atoms with Gasteiger partial charge in [0.05, 0.1) is 5.92 Å². The van der Waals surface area contributed by atoms with E-state index < -0.39 is 24.0 Å². The maximum Gasteiger partial charge on any atom is 0.407 e. The molecule has 7 nitrogen and oxygen atoms in total. The number of carbonyl (C=O) groups is 3. The van der Waals surface area contributed by atoms with Crippen molar-refractivity contribution >= 4 is 18.0 Å². The van der Waals surface area contributed by atoms with Crippen LogP contribution in [-0.2, 0) is 14.3 Å². The summed E-state index contributed by atoms with van der Waals surface area (Å²) in [6.45, 7) is 4.11. The van der Waals surface area contributed by atoms with Crippen molar-refractivity contribution in [2.75, 3.05) is 13.2 Å². The Balaban J connectivity index is 1.61. The second kappa shape index (κ2) is 12.2. The summed E-state index contributed by atoms with van der Waals surface area (Å²) in [4.78, 5) is 36.7. The highest BCUT2D eigenvalue weighted by Gasteiger charge is 2.30. The number of hydrogen-bond acceptors (Lipinski definition) is 4. The standard InChI is InChI=1S/C27H34N2O5/c1-3-5-15-24(25(30)28-16-18(10-4-2)26(31)32)29-27(33)34-17-23-21-13-8-6-11-19(21)20-12-7-9-14-22(20)23/h6-9,11-14,18,23-24H,3-5,10,15-17H2,1-2H3,(H,28,30)(H,29,33)(H,31,32)/t18?,24-/m0/s1. The molecular formula is C27H34N2O5. The fourth-order valence-corrected chi connectivity index (χ4v) is 4.47. The maximum atomic E-state index is 12.7. The molecule has 2 amide bonds. The first-order valence-corrected chi connectivity index (χ1v) is 12.1. The normalized spacial score (nSPS) is 13.9. The molecule has 0 aromatic heterocycles. The topological polar surface area (TPSA) is 105 Å². The molecule has 3 N–H and O–H groups in total. The van der Waals surface area contributed by atoms with Gasteiger partial charge in [0.1, 0.15) is 12.6 Å². The number of carboxylic acids is 1. The first kappa shape index (κ1) is 25.3. The first-order valence-electron chi connectivity index (χ1n) is 12.1. The van der Waals surface area contributed by atoms with Crippen LogP contribution in [-0.4, -0.2) is 42.3 Å². The molecule has 0 saturated heterocycles. The van der Waals surface area contributed by atoms with E-state index >= 15 is 0 Å². The van der Waals surface area contributed by atoms with E-state index in [-0.39, 0.29) is 25.0 Å². The molecule has 0 bridgehead atoms.